The van der Waals surface area contributed by atoms with E-state index in [1.807, 2.05) is 40.9 Å². The Balaban J connectivity index is 2.35. The second kappa shape index (κ2) is 4.23. The average Bonchev–Trinajstić information content (AvgIpc) is 2.79. The number of fused-ring (bicyclic) bond motifs is 1. The van der Waals surface area contributed by atoms with Gasteiger partial charge in [0, 0.05) is 18.0 Å². The summed E-state index contributed by atoms with van der Waals surface area (Å²) in [6.07, 6.45) is 2.91. The van der Waals surface area contributed by atoms with Gasteiger partial charge in [-0.25, -0.2) is 4.52 Å². The number of nitrogens with zero attached hydrogens (tertiary/aromatic N) is 3. The quantitative estimate of drug-likeness (QED) is 0.747. The summed E-state index contributed by atoms with van der Waals surface area (Å²) in [7, 11) is 0. The van der Waals surface area contributed by atoms with Gasteiger partial charge in [0.1, 0.15) is 0 Å². The minimum Gasteiger partial charge on any atom is -0.389 e. The Morgan fingerprint density at radius 3 is 2.78 bits per heavy atom. The molecule has 1 atom stereocenters. The number of rotatable bonds is 2. The lowest BCUT2D eigenvalue weighted by Crippen LogP contribution is -1.98. The number of aromatic nitrogens is 3. The van der Waals surface area contributed by atoms with Crippen molar-refractivity contribution in [1.82, 2.24) is 14.6 Å². The summed E-state index contributed by atoms with van der Waals surface area (Å²) in [5.74, 6) is 0. The molecule has 0 spiro atoms. The molecule has 0 amide bonds. The van der Waals surface area contributed by atoms with Crippen LogP contribution in [0.3, 0.4) is 0 Å². The molecule has 4 heteroatoms. The Morgan fingerprint density at radius 1 is 1.17 bits per heavy atom. The topological polar surface area (TPSA) is 50.4 Å². The minimum atomic E-state index is -0.552. The van der Waals surface area contributed by atoms with Crippen molar-refractivity contribution in [3.8, 4) is 11.4 Å². The van der Waals surface area contributed by atoms with Crippen molar-refractivity contribution in [3.63, 3.8) is 0 Å². The Labute approximate surface area is 105 Å². The number of hydrogen-bond donors (Lipinski definition) is 1. The third-order valence-electron chi connectivity index (χ3n) is 2.93. The van der Waals surface area contributed by atoms with Crippen LogP contribution in [0.1, 0.15) is 18.6 Å². The predicted octanol–water partition coefficient (Wildman–Crippen LogP) is 2.45. The lowest BCUT2D eigenvalue weighted by Gasteiger charge is -2.07. The first-order chi connectivity index (χ1) is 8.77. The van der Waals surface area contributed by atoms with Crippen molar-refractivity contribution < 1.29 is 5.11 Å². The van der Waals surface area contributed by atoms with Crippen molar-refractivity contribution in [2.24, 2.45) is 0 Å². The lowest BCUT2D eigenvalue weighted by molar-refractivity contribution is 0.200. The summed E-state index contributed by atoms with van der Waals surface area (Å²) in [6, 6.07) is 11.5. The zero-order chi connectivity index (χ0) is 12.5. The molecule has 0 saturated carbocycles. The highest BCUT2D eigenvalue weighted by molar-refractivity contribution is 5.68. The molecule has 0 radical (unpaired) electrons. The van der Waals surface area contributed by atoms with Crippen LogP contribution in [0.15, 0.2) is 48.8 Å². The molecular weight excluding hydrogens is 226 g/mol. The van der Waals surface area contributed by atoms with Gasteiger partial charge in [-0.3, -0.25) is 4.98 Å². The molecule has 90 valence electrons. The van der Waals surface area contributed by atoms with E-state index in [0.717, 1.165) is 22.5 Å². The maximum absolute atomic E-state index is 9.90. The van der Waals surface area contributed by atoms with Gasteiger partial charge in [0.25, 0.3) is 0 Å². The first-order valence-corrected chi connectivity index (χ1v) is 5.83. The Bertz CT molecular complexity index is 674. The third-order valence-corrected chi connectivity index (χ3v) is 2.93. The molecule has 3 heterocycles. The molecule has 3 rings (SSSR count). The Hall–Kier alpha value is -2.20. The van der Waals surface area contributed by atoms with Crippen LogP contribution in [-0.2, 0) is 0 Å². The van der Waals surface area contributed by atoms with Crippen LogP contribution in [0, 0.1) is 0 Å². The average molecular weight is 239 g/mol. The van der Waals surface area contributed by atoms with Crippen LogP contribution >= 0.6 is 0 Å². The highest BCUT2D eigenvalue weighted by Crippen LogP contribution is 2.29. The molecule has 0 bridgehead atoms. The van der Waals surface area contributed by atoms with Gasteiger partial charge < -0.3 is 5.11 Å². The number of aliphatic hydroxyl groups excluding tert-OH is 1. The molecule has 1 N–H and O–H groups in total. The van der Waals surface area contributed by atoms with Crippen LogP contribution in [0.4, 0.5) is 0 Å². The highest BCUT2D eigenvalue weighted by Gasteiger charge is 2.16. The monoisotopic (exact) mass is 239 g/mol. The fraction of sp³-hybridized carbons (Fsp3) is 0.143. The third kappa shape index (κ3) is 1.67. The van der Waals surface area contributed by atoms with Crippen LogP contribution < -0.4 is 0 Å². The second-order valence-electron chi connectivity index (χ2n) is 4.20. The van der Waals surface area contributed by atoms with E-state index in [4.69, 9.17) is 0 Å². The molecule has 0 aliphatic carbocycles. The molecule has 3 aromatic heterocycles. The maximum atomic E-state index is 9.90. The summed E-state index contributed by atoms with van der Waals surface area (Å²) >= 11 is 0. The van der Waals surface area contributed by atoms with E-state index in [2.05, 4.69) is 10.1 Å². The van der Waals surface area contributed by atoms with Gasteiger partial charge in [0.2, 0.25) is 0 Å². The zero-order valence-electron chi connectivity index (χ0n) is 9.99. The van der Waals surface area contributed by atoms with Gasteiger partial charge in [0.05, 0.1) is 23.0 Å². The molecule has 18 heavy (non-hydrogen) atoms. The highest BCUT2D eigenvalue weighted by atomic mass is 16.3. The summed E-state index contributed by atoms with van der Waals surface area (Å²) in [5.41, 5.74) is 3.45. The fourth-order valence-electron chi connectivity index (χ4n) is 2.11. The lowest BCUT2D eigenvalue weighted by atomic mass is 10.1. The van der Waals surface area contributed by atoms with Gasteiger partial charge in [-0.2, -0.15) is 5.10 Å². The number of pyridine rings is 1. The molecule has 0 aromatic carbocycles. The smallest absolute Gasteiger partial charge is 0.0967 e. The molecule has 4 nitrogen and oxygen atoms in total. The summed E-state index contributed by atoms with van der Waals surface area (Å²) in [5, 5.41) is 14.2. The maximum Gasteiger partial charge on any atom is 0.0967 e. The van der Waals surface area contributed by atoms with Gasteiger partial charge in [0.15, 0.2) is 0 Å². The SMILES string of the molecule is CC(O)c1cc2cccnn2c1-c1ccccn1. The molecule has 1 unspecified atom stereocenters. The van der Waals surface area contributed by atoms with E-state index in [9.17, 15) is 5.11 Å². The Morgan fingerprint density at radius 2 is 2.06 bits per heavy atom. The summed E-state index contributed by atoms with van der Waals surface area (Å²) in [6.45, 7) is 1.75. The first-order valence-electron chi connectivity index (χ1n) is 5.83. The molecule has 0 aliphatic rings. The fourth-order valence-corrected chi connectivity index (χ4v) is 2.11. The first kappa shape index (κ1) is 10.9. The van der Waals surface area contributed by atoms with Crippen molar-refractivity contribution >= 4 is 5.52 Å². The second-order valence-corrected chi connectivity index (χ2v) is 4.20. The molecule has 0 aliphatic heterocycles. The van der Waals surface area contributed by atoms with Crippen LogP contribution in [-0.4, -0.2) is 19.7 Å². The van der Waals surface area contributed by atoms with Crippen LogP contribution in [0.2, 0.25) is 0 Å². The van der Waals surface area contributed by atoms with Gasteiger partial charge in [-0.1, -0.05) is 6.07 Å². The van der Waals surface area contributed by atoms with E-state index >= 15 is 0 Å². The largest absolute Gasteiger partial charge is 0.389 e. The van der Waals surface area contributed by atoms with Crippen LogP contribution in [0.5, 0.6) is 0 Å². The van der Waals surface area contributed by atoms with Gasteiger partial charge in [-0.05, 0) is 37.3 Å². The normalized spacial score (nSPS) is 12.8. The molecule has 0 saturated heterocycles. The molecule has 0 fully saturated rings. The van der Waals surface area contributed by atoms with E-state index < -0.39 is 6.10 Å². The molecule has 3 aromatic rings. The van der Waals surface area contributed by atoms with Crippen molar-refractivity contribution in [1.29, 1.82) is 0 Å². The summed E-state index contributed by atoms with van der Waals surface area (Å²) in [4.78, 5) is 4.34. The van der Waals surface area contributed by atoms with E-state index in [-0.39, 0.29) is 0 Å². The van der Waals surface area contributed by atoms with Gasteiger partial charge in [-0.15, -0.1) is 0 Å². The predicted molar refractivity (Wildman–Crippen MR) is 69.1 cm³/mol. The number of hydrogen-bond acceptors (Lipinski definition) is 3. The van der Waals surface area contributed by atoms with Crippen molar-refractivity contribution in [3.05, 3.63) is 54.4 Å². The van der Waals surface area contributed by atoms with Crippen molar-refractivity contribution in [2.75, 3.05) is 0 Å². The zero-order valence-corrected chi connectivity index (χ0v) is 9.99. The van der Waals surface area contributed by atoms with Crippen molar-refractivity contribution in [2.45, 2.75) is 13.0 Å². The number of aliphatic hydroxyl groups is 1. The van der Waals surface area contributed by atoms with Gasteiger partial charge >= 0.3 is 0 Å². The Kier molecular flexibility index (Phi) is 2.57. The van der Waals surface area contributed by atoms with E-state index in [1.165, 1.54) is 0 Å². The van der Waals surface area contributed by atoms with E-state index in [0.29, 0.717) is 0 Å². The molecular formula is C14H13N3O. The van der Waals surface area contributed by atoms with Crippen LogP contribution in [0.25, 0.3) is 16.9 Å². The van der Waals surface area contributed by atoms with E-state index in [1.54, 1.807) is 19.3 Å². The standard InChI is InChI=1S/C14H13N3O/c1-10(18)12-9-11-5-4-8-16-17(11)14(12)13-6-2-3-7-15-13/h2-10,18H,1H3. The summed E-state index contributed by atoms with van der Waals surface area (Å²) < 4.78 is 1.81. The minimum absolute atomic E-state index is 0.552.